The lowest BCUT2D eigenvalue weighted by atomic mass is 9.99. The van der Waals surface area contributed by atoms with Crippen LogP contribution in [0.5, 0.6) is 0 Å². The molecule has 0 bridgehead atoms. The molecule has 43 heavy (non-hydrogen) atoms. The monoisotopic (exact) mass is 578 g/mol. The number of carbonyl (C=O) groups is 2. The van der Waals surface area contributed by atoms with Gasteiger partial charge in [0.1, 0.15) is 0 Å². The van der Waals surface area contributed by atoms with E-state index in [9.17, 15) is 9.59 Å². The highest BCUT2D eigenvalue weighted by atomic mass is 16.2. The van der Waals surface area contributed by atoms with Crippen LogP contribution in [-0.4, -0.2) is 67.0 Å². The van der Waals surface area contributed by atoms with E-state index in [-0.39, 0.29) is 11.9 Å². The number of amides is 3. The molecule has 0 aliphatic carbocycles. The number of benzodiazepines with no additional fused rings is 1. The third-order valence-electron chi connectivity index (χ3n) is 8.84. The number of nitrogens with one attached hydrogen (secondary N) is 2. The van der Waals surface area contributed by atoms with Gasteiger partial charge in [-0.05, 0) is 83.0 Å². The van der Waals surface area contributed by atoms with Gasteiger partial charge in [0, 0.05) is 47.7 Å². The van der Waals surface area contributed by atoms with Gasteiger partial charge in [0.15, 0.2) is 0 Å². The molecule has 0 spiro atoms. The predicted molar refractivity (Wildman–Crippen MR) is 174 cm³/mol. The van der Waals surface area contributed by atoms with E-state index in [0.29, 0.717) is 17.4 Å². The number of rotatable bonds is 6. The first-order valence-corrected chi connectivity index (χ1v) is 15.7. The minimum absolute atomic E-state index is 0.121. The second kappa shape index (κ2) is 13.0. The molecule has 1 unspecified atom stereocenters. The third-order valence-corrected chi connectivity index (χ3v) is 8.84. The van der Waals surface area contributed by atoms with Gasteiger partial charge in [0.05, 0.1) is 11.4 Å². The Morgan fingerprint density at radius 2 is 1.51 bits per heavy atom. The van der Waals surface area contributed by atoms with Gasteiger partial charge in [-0.3, -0.25) is 4.79 Å². The molecule has 0 aromatic heterocycles. The zero-order valence-corrected chi connectivity index (χ0v) is 25.2. The molecule has 3 aromatic rings. The number of carbonyl (C=O) groups excluding carboxylic acids is 2. The Hall–Kier alpha value is -4.17. The number of anilines is 3. The fourth-order valence-corrected chi connectivity index (χ4v) is 6.66. The molecule has 2 fully saturated rings. The number of nitrogens with zero attached hydrogens (tertiary/aromatic N) is 4. The molecular formula is C35H42N6O2. The second-order valence-electron chi connectivity index (χ2n) is 12.0. The number of likely N-dealkylation sites (tertiary alicyclic amines) is 1. The minimum Gasteiger partial charge on any atom is -0.371 e. The summed E-state index contributed by atoms with van der Waals surface area (Å²) in [5.74, 6) is -0.271. The summed E-state index contributed by atoms with van der Waals surface area (Å²) < 4.78 is 0. The number of aliphatic imine (C=N–C) groups is 1. The van der Waals surface area contributed by atoms with Crippen LogP contribution in [0.1, 0.15) is 57.1 Å². The van der Waals surface area contributed by atoms with E-state index in [2.05, 4.69) is 32.6 Å². The number of piperidine rings is 2. The lowest BCUT2D eigenvalue weighted by Crippen LogP contribution is -2.50. The lowest BCUT2D eigenvalue weighted by Gasteiger charge is -2.41. The number of hydrogen-bond acceptors (Lipinski definition) is 5. The molecule has 3 amide bonds. The van der Waals surface area contributed by atoms with Crippen LogP contribution >= 0.6 is 0 Å². The number of para-hydroxylation sites is 1. The zero-order valence-electron chi connectivity index (χ0n) is 25.2. The molecule has 3 aliphatic rings. The molecule has 6 rings (SSSR count). The standard InChI is InChI=1S/C35H42N6O2/c1-25(2)41-31-14-8-7-13-30(31)32(26-11-5-3-6-12-26)37-33(34(41)42)38-35(43)36-27-15-17-28(18-16-27)40-23-19-29(20-24-40)39-21-9-4-10-22-39/h3,5-8,11-18,25,29,33H,4,9-10,19-24H2,1-2H3,(H2,36,38,43). The summed E-state index contributed by atoms with van der Waals surface area (Å²) in [4.78, 5) is 38.7. The highest BCUT2D eigenvalue weighted by Gasteiger charge is 2.34. The van der Waals surface area contributed by atoms with Crippen molar-refractivity contribution in [1.29, 1.82) is 0 Å². The molecule has 8 heteroatoms. The molecule has 3 aliphatic heterocycles. The summed E-state index contributed by atoms with van der Waals surface area (Å²) in [6, 6.07) is 25.7. The Morgan fingerprint density at radius 3 is 2.21 bits per heavy atom. The van der Waals surface area contributed by atoms with Gasteiger partial charge >= 0.3 is 6.03 Å². The summed E-state index contributed by atoms with van der Waals surface area (Å²) in [6.07, 6.45) is 5.35. The Kier molecular flexibility index (Phi) is 8.74. The van der Waals surface area contributed by atoms with Crippen LogP contribution in [0.4, 0.5) is 21.9 Å². The van der Waals surface area contributed by atoms with E-state index in [1.165, 1.54) is 50.9 Å². The summed E-state index contributed by atoms with van der Waals surface area (Å²) in [5, 5.41) is 5.76. The summed E-state index contributed by atoms with van der Waals surface area (Å²) in [6.45, 7) is 8.54. The Bertz CT molecular complexity index is 1440. The molecule has 3 aromatic carbocycles. The van der Waals surface area contributed by atoms with Gasteiger partial charge in [0.25, 0.3) is 5.91 Å². The van der Waals surface area contributed by atoms with Crippen molar-refractivity contribution in [2.45, 2.75) is 64.2 Å². The van der Waals surface area contributed by atoms with Crippen LogP contribution in [-0.2, 0) is 4.79 Å². The van der Waals surface area contributed by atoms with Gasteiger partial charge in [-0.15, -0.1) is 0 Å². The fourth-order valence-electron chi connectivity index (χ4n) is 6.66. The predicted octanol–water partition coefficient (Wildman–Crippen LogP) is 5.88. The van der Waals surface area contributed by atoms with Crippen molar-refractivity contribution in [2.75, 3.05) is 41.3 Å². The zero-order chi connectivity index (χ0) is 29.8. The van der Waals surface area contributed by atoms with Crippen LogP contribution in [0, 0.1) is 0 Å². The van der Waals surface area contributed by atoms with Gasteiger partial charge in [0.2, 0.25) is 6.17 Å². The first-order chi connectivity index (χ1) is 21.0. The molecule has 3 heterocycles. The highest BCUT2D eigenvalue weighted by molar-refractivity contribution is 6.20. The van der Waals surface area contributed by atoms with E-state index in [1.807, 2.05) is 80.6 Å². The van der Waals surface area contributed by atoms with Crippen molar-refractivity contribution < 1.29 is 9.59 Å². The molecule has 224 valence electrons. The van der Waals surface area contributed by atoms with Crippen molar-refractivity contribution in [3.63, 3.8) is 0 Å². The average Bonchev–Trinajstić information content (AvgIpc) is 3.16. The maximum atomic E-state index is 13.8. The maximum absolute atomic E-state index is 13.8. The van der Waals surface area contributed by atoms with E-state index in [1.54, 1.807) is 4.90 Å². The van der Waals surface area contributed by atoms with Gasteiger partial charge < -0.3 is 25.3 Å². The van der Waals surface area contributed by atoms with Crippen molar-refractivity contribution in [3.8, 4) is 0 Å². The van der Waals surface area contributed by atoms with E-state index < -0.39 is 12.2 Å². The number of urea groups is 1. The maximum Gasteiger partial charge on any atom is 0.321 e. The van der Waals surface area contributed by atoms with Crippen LogP contribution in [0.2, 0.25) is 0 Å². The fraction of sp³-hybridized carbons (Fsp3) is 0.400. The SMILES string of the molecule is CC(C)N1C(=O)C(NC(=O)Nc2ccc(N3CCC(N4CCCCC4)CC3)cc2)N=C(c2ccccc2)c2ccccc21. The van der Waals surface area contributed by atoms with E-state index in [0.717, 1.165) is 29.9 Å². The van der Waals surface area contributed by atoms with Crippen molar-refractivity contribution in [1.82, 2.24) is 10.2 Å². The number of benzene rings is 3. The molecule has 0 saturated carbocycles. The van der Waals surface area contributed by atoms with Crippen molar-refractivity contribution in [2.24, 2.45) is 4.99 Å². The van der Waals surface area contributed by atoms with Crippen LogP contribution < -0.4 is 20.4 Å². The summed E-state index contributed by atoms with van der Waals surface area (Å²) in [5.41, 5.74) is 5.04. The normalized spacial score (nSPS) is 19.9. The third kappa shape index (κ3) is 6.44. The first-order valence-electron chi connectivity index (χ1n) is 15.7. The largest absolute Gasteiger partial charge is 0.371 e. The van der Waals surface area contributed by atoms with Crippen molar-refractivity contribution in [3.05, 3.63) is 90.0 Å². The van der Waals surface area contributed by atoms with Gasteiger partial charge in [-0.2, -0.15) is 0 Å². The molecule has 0 radical (unpaired) electrons. The van der Waals surface area contributed by atoms with E-state index in [4.69, 9.17) is 4.99 Å². The molecule has 8 nitrogen and oxygen atoms in total. The Balaban J connectivity index is 1.14. The summed E-state index contributed by atoms with van der Waals surface area (Å²) >= 11 is 0. The molecule has 2 saturated heterocycles. The van der Waals surface area contributed by atoms with E-state index >= 15 is 0 Å². The Morgan fingerprint density at radius 1 is 0.837 bits per heavy atom. The molecular weight excluding hydrogens is 536 g/mol. The van der Waals surface area contributed by atoms with Gasteiger partial charge in [-0.25, -0.2) is 9.79 Å². The molecule has 1 atom stereocenters. The quantitative estimate of drug-likeness (QED) is 0.383. The average molecular weight is 579 g/mol. The van der Waals surface area contributed by atoms with Crippen molar-refractivity contribution >= 4 is 34.7 Å². The second-order valence-corrected chi connectivity index (χ2v) is 12.0. The Labute approximate surface area is 254 Å². The van der Waals surface area contributed by atoms with Crippen LogP contribution in [0.3, 0.4) is 0 Å². The van der Waals surface area contributed by atoms with Crippen LogP contribution in [0.25, 0.3) is 0 Å². The number of fused-ring (bicyclic) bond motifs is 1. The topological polar surface area (TPSA) is 80.3 Å². The van der Waals surface area contributed by atoms with Gasteiger partial charge in [-0.1, -0.05) is 55.0 Å². The van der Waals surface area contributed by atoms with Crippen LogP contribution in [0.15, 0.2) is 83.9 Å². The smallest absolute Gasteiger partial charge is 0.321 e. The summed E-state index contributed by atoms with van der Waals surface area (Å²) in [7, 11) is 0. The molecule has 2 N–H and O–H groups in total. The minimum atomic E-state index is -1.08. The number of hydrogen-bond donors (Lipinski definition) is 2. The highest BCUT2D eigenvalue weighted by Crippen LogP contribution is 2.30. The first kappa shape index (κ1) is 28.9. The lowest BCUT2D eigenvalue weighted by molar-refractivity contribution is -0.120.